The second-order valence-electron chi connectivity index (χ2n) is 3.88. The summed E-state index contributed by atoms with van der Waals surface area (Å²) in [5.74, 6) is 1.70. The Labute approximate surface area is 95.1 Å². The van der Waals surface area contributed by atoms with E-state index in [0.717, 1.165) is 23.6 Å². The van der Waals surface area contributed by atoms with Crippen molar-refractivity contribution in [1.29, 1.82) is 0 Å². The largest absolute Gasteiger partial charge is 0.330 e. The smallest absolute Gasteiger partial charge is 0.181 e. The van der Waals surface area contributed by atoms with Crippen LogP contribution in [0.15, 0.2) is 24.3 Å². The van der Waals surface area contributed by atoms with Gasteiger partial charge in [0.1, 0.15) is 5.82 Å². The number of benzene rings is 1. The Morgan fingerprint density at radius 2 is 2.19 bits per heavy atom. The van der Waals surface area contributed by atoms with Crippen molar-refractivity contribution in [1.82, 2.24) is 14.8 Å². The lowest BCUT2D eigenvalue weighted by atomic mass is 10.1. The lowest BCUT2D eigenvalue weighted by Gasteiger charge is -1.95. The molecule has 1 aromatic heterocycles. The topological polar surface area (TPSA) is 56.7 Å². The summed E-state index contributed by atoms with van der Waals surface area (Å²) in [6, 6.07) is 8.19. The van der Waals surface area contributed by atoms with Crippen LogP contribution in [0, 0.1) is 6.92 Å². The maximum absolute atomic E-state index is 5.52. The highest BCUT2D eigenvalue weighted by Gasteiger charge is 2.08. The second-order valence-corrected chi connectivity index (χ2v) is 3.88. The van der Waals surface area contributed by atoms with Crippen LogP contribution in [0.25, 0.3) is 11.4 Å². The molecule has 0 amide bonds. The average molecular weight is 216 g/mol. The van der Waals surface area contributed by atoms with E-state index in [0.29, 0.717) is 6.54 Å². The minimum absolute atomic E-state index is 0.597. The molecular formula is C12H16N4. The summed E-state index contributed by atoms with van der Waals surface area (Å²) in [5, 5.41) is 4.39. The van der Waals surface area contributed by atoms with Gasteiger partial charge < -0.3 is 5.73 Å². The van der Waals surface area contributed by atoms with Crippen molar-refractivity contribution in [2.24, 2.45) is 12.8 Å². The van der Waals surface area contributed by atoms with Gasteiger partial charge in [-0.15, -0.1) is 0 Å². The molecule has 0 spiro atoms. The molecular weight excluding hydrogens is 200 g/mol. The van der Waals surface area contributed by atoms with Gasteiger partial charge in [-0.1, -0.05) is 23.8 Å². The highest BCUT2D eigenvalue weighted by Crippen LogP contribution is 2.16. The van der Waals surface area contributed by atoms with E-state index in [1.165, 1.54) is 5.56 Å². The van der Waals surface area contributed by atoms with Gasteiger partial charge in [-0.3, -0.25) is 4.68 Å². The van der Waals surface area contributed by atoms with Crippen LogP contribution in [-0.2, 0) is 13.5 Å². The molecule has 0 fully saturated rings. The van der Waals surface area contributed by atoms with Crippen molar-refractivity contribution in [3.05, 3.63) is 35.7 Å². The third-order valence-corrected chi connectivity index (χ3v) is 2.50. The number of aromatic nitrogens is 3. The zero-order valence-electron chi connectivity index (χ0n) is 9.64. The van der Waals surface area contributed by atoms with Gasteiger partial charge >= 0.3 is 0 Å². The van der Waals surface area contributed by atoms with E-state index in [2.05, 4.69) is 29.1 Å². The van der Waals surface area contributed by atoms with Gasteiger partial charge in [-0.2, -0.15) is 5.10 Å². The molecule has 0 unspecified atom stereocenters. The molecule has 0 aliphatic carbocycles. The third kappa shape index (κ3) is 2.12. The van der Waals surface area contributed by atoms with Crippen molar-refractivity contribution in [2.75, 3.05) is 6.54 Å². The number of hydrogen-bond acceptors (Lipinski definition) is 3. The molecule has 0 radical (unpaired) electrons. The molecule has 4 nitrogen and oxygen atoms in total. The van der Waals surface area contributed by atoms with Crippen molar-refractivity contribution in [3.8, 4) is 11.4 Å². The molecule has 2 aromatic rings. The Morgan fingerprint density at radius 1 is 1.38 bits per heavy atom. The summed E-state index contributed by atoms with van der Waals surface area (Å²) in [7, 11) is 1.90. The molecule has 1 aromatic carbocycles. The van der Waals surface area contributed by atoms with Crippen LogP contribution in [0.4, 0.5) is 0 Å². The van der Waals surface area contributed by atoms with Crippen LogP contribution in [-0.4, -0.2) is 21.3 Å². The fraction of sp³-hybridized carbons (Fsp3) is 0.333. The average Bonchev–Trinajstić information content (AvgIpc) is 2.61. The third-order valence-electron chi connectivity index (χ3n) is 2.50. The minimum atomic E-state index is 0.597. The van der Waals surface area contributed by atoms with Crippen LogP contribution >= 0.6 is 0 Å². The lowest BCUT2D eigenvalue weighted by molar-refractivity contribution is 0.697. The van der Waals surface area contributed by atoms with E-state index in [4.69, 9.17) is 5.73 Å². The Hall–Kier alpha value is -1.68. The molecule has 84 valence electrons. The summed E-state index contributed by atoms with van der Waals surface area (Å²) >= 11 is 0. The predicted molar refractivity (Wildman–Crippen MR) is 63.9 cm³/mol. The Bertz CT molecular complexity index is 488. The molecule has 0 atom stereocenters. The number of hydrogen-bond donors (Lipinski definition) is 1. The van der Waals surface area contributed by atoms with Crippen LogP contribution in [0.1, 0.15) is 11.4 Å². The highest BCUT2D eigenvalue weighted by molar-refractivity contribution is 5.55. The van der Waals surface area contributed by atoms with Gasteiger partial charge in [0.2, 0.25) is 0 Å². The molecule has 0 aliphatic heterocycles. The van der Waals surface area contributed by atoms with Crippen molar-refractivity contribution in [3.63, 3.8) is 0 Å². The fourth-order valence-corrected chi connectivity index (χ4v) is 1.67. The first kappa shape index (κ1) is 10.8. The van der Waals surface area contributed by atoms with Gasteiger partial charge in [-0.25, -0.2) is 4.98 Å². The maximum atomic E-state index is 5.52. The molecule has 1 heterocycles. The van der Waals surface area contributed by atoms with Crippen LogP contribution in [0.2, 0.25) is 0 Å². The van der Waals surface area contributed by atoms with Gasteiger partial charge in [0.05, 0.1) is 0 Å². The first-order valence-electron chi connectivity index (χ1n) is 5.37. The van der Waals surface area contributed by atoms with E-state index >= 15 is 0 Å². The zero-order valence-corrected chi connectivity index (χ0v) is 9.64. The molecule has 16 heavy (non-hydrogen) atoms. The van der Waals surface area contributed by atoms with Gasteiger partial charge in [0, 0.05) is 19.0 Å². The van der Waals surface area contributed by atoms with E-state index in [9.17, 15) is 0 Å². The Morgan fingerprint density at radius 3 is 2.88 bits per heavy atom. The Kier molecular flexibility index (Phi) is 3.01. The summed E-state index contributed by atoms with van der Waals surface area (Å²) in [6.45, 7) is 2.66. The molecule has 2 rings (SSSR count). The van der Waals surface area contributed by atoms with Crippen LogP contribution in [0.3, 0.4) is 0 Å². The SMILES string of the molecule is Cc1cccc(-c2nc(CCN)n(C)n2)c1. The van der Waals surface area contributed by atoms with Crippen molar-refractivity contribution >= 4 is 0 Å². The monoisotopic (exact) mass is 216 g/mol. The second kappa shape index (κ2) is 4.45. The standard InChI is InChI=1S/C12H16N4/c1-9-4-3-5-10(8-9)12-14-11(6-7-13)16(2)15-12/h3-5,8H,6-7,13H2,1-2H3. The van der Waals surface area contributed by atoms with Crippen LogP contribution < -0.4 is 5.73 Å². The number of aryl methyl sites for hydroxylation is 2. The number of rotatable bonds is 3. The van der Waals surface area contributed by atoms with E-state index in [1.807, 2.05) is 19.2 Å². The summed E-state index contributed by atoms with van der Waals surface area (Å²) in [4.78, 5) is 4.48. The van der Waals surface area contributed by atoms with Crippen molar-refractivity contribution < 1.29 is 0 Å². The maximum Gasteiger partial charge on any atom is 0.181 e. The van der Waals surface area contributed by atoms with E-state index < -0.39 is 0 Å². The van der Waals surface area contributed by atoms with Crippen LogP contribution in [0.5, 0.6) is 0 Å². The normalized spacial score (nSPS) is 10.7. The van der Waals surface area contributed by atoms with Crippen molar-refractivity contribution in [2.45, 2.75) is 13.3 Å². The molecule has 0 aliphatic rings. The summed E-state index contributed by atoms with van der Waals surface area (Å²) in [6.07, 6.45) is 0.759. The summed E-state index contributed by atoms with van der Waals surface area (Å²) < 4.78 is 1.80. The number of nitrogens with two attached hydrogens (primary N) is 1. The first-order chi connectivity index (χ1) is 7.70. The first-order valence-corrected chi connectivity index (χ1v) is 5.37. The summed E-state index contributed by atoms with van der Waals surface area (Å²) in [5.41, 5.74) is 7.79. The molecule has 4 heteroatoms. The zero-order chi connectivity index (χ0) is 11.5. The Balaban J connectivity index is 2.37. The minimum Gasteiger partial charge on any atom is -0.330 e. The predicted octanol–water partition coefficient (Wildman–Crippen LogP) is 1.29. The fourth-order valence-electron chi connectivity index (χ4n) is 1.67. The molecule has 2 N–H and O–H groups in total. The number of nitrogens with zero attached hydrogens (tertiary/aromatic N) is 3. The van der Waals surface area contributed by atoms with Gasteiger partial charge in [0.25, 0.3) is 0 Å². The highest BCUT2D eigenvalue weighted by atomic mass is 15.3. The van der Waals surface area contributed by atoms with E-state index in [-0.39, 0.29) is 0 Å². The lowest BCUT2D eigenvalue weighted by Crippen LogP contribution is -2.08. The van der Waals surface area contributed by atoms with Gasteiger partial charge in [0.15, 0.2) is 5.82 Å². The molecule has 0 saturated carbocycles. The van der Waals surface area contributed by atoms with Gasteiger partial charge in [-0.05, 0) is 19.5 Å². The van der Waals surface area contributed by atoms with E-state index in [1.54, 1.807) is 4.68 Å². The molecule has 0 bridgehead atoms. The molecule has 0 saturated heterocycles. The quantitative estimate of drug-likeness (QED) is 0.841.